The highest BCUT2D eigenvalue weighted by atomic mass is 19.4. The van der Waals surface area contributed by atoms with Gasteiger partial charge in [0.05, 0.1) is 0 Å². The number of phenolic OH excluding ortho intramolecular Hbond substituents is 2. The lowest BCUT2D eigenvalue weighted by Crippen LogP contribution is -2.78. The first-order valence-electron chi connectivity index (χ1n) is 13.6. The lowest BCUT2D eigenvalue weighted by atomic mass is 9.68. The van der Waals surface area contributed by atoms with Crippen LogP contribution in [0.1, 0.15) is 17.5 Å². The molecule has 2 rings (SSSR count). The maximum atomic E-state index is 15.2. The van der Waals surface area contributed by atoms with Gasteiger partial charge in [0.2, 0.25) is 0 Å². The number of rotatable bonds is 14. The molecule has 30 heteroatoms. The van der Waals surface area contributed by atoms with Crippen LogP contribution in [-0.4, -0.2) is 87.7 Å². The molecular formula is C27H12F28O2. The summed E-state index contributed by atoms with van der Waals surface area (Å²) in [5, 5.41) is 18.7. The third kappa shape index (κ3) is 6.47. The van der Waals surface area contributed by atoms with Crippen molar-refractivity contribution in [2.75, 3.05) is 0 Å². The molecule has 0 fully saturated rings. The largest absolute Gasteiger partial charge is 0.508 e. The summed E-state index contributed by atoms with van der Waals surface area (Å²) >= 11 is 0. The molecule has 0 amide bonds. The molecule has 0 aromatic heterocycles. The smallest absolute Gasteiger partial charge is 0.460 e. The molecule has 2 aromatic carbocycles. The van der Waals surface area contributed by atoms with Crippen LogP contribution < -0.4 is 0 Å². The molecule has 0 radical (unpaired) electrons. The topological polar surface area (TPSA) is 40.5 Å². The first kappa shape index (κ1) is 49.2. The Morgan fingerprint density at radius 2 is 0.491 bits per heavy atom. The highest BCUT2D eigenvalue weighted by Gasteiger charge is 2.99. The van der Waals surface area contributed by atoms with Gasteiger partial charge in [0.1, 0.15) is 16.9 Å². The fourth-order valence-corrected chi connectivity index (χ4v) is 4.72. The first-order valence-corrected chi connectivity index (χ1v) is 13.6. The summed E-state index contributed by atoms with van der Waals surface area (Å²) in [4.78, 5) is 0. The molecule has 0 bridgehead atoms. The first-order chi connectivity index (χ1) is 24.7. The maximum absolute atomic E-state index is 15.2. The molecule has 0 saturated heterocycles. The minimum Gasteiger partial charge on any atom is -0.508 e. The molecule has 0 saturated carbocycles. The lowest BCUT2D eigenvalue weighted by molar-refractivity contribution is -0.482. The summed E-state index contributed by atoms with van der Waals surface area (Å²) in [6.45, 7) is 0. The molecule has 0 aliphatic rings. The predicted octanol–water partition coefficient (Wildman–Crippen LogP) is 11.9. The van der Waals surface area contributed by atoms with Gasteiger partial charge in [0.15, 0.2) is 0 Å². The highest BCUT2D eigenvalue weighted by Crippen LogP contribution is 2.68. The Morgan fingerprint density at radius 3 is 0.702 bits per heavy atom. The minimum absolute atomic E-state index is 0.114. The molecule has 2 aromatic rings. The highest BCUT2D eigenvalue weighted by molar-refractivity contribution is 5.45. The van der Waals surface area contributed by atoms with E-state index < -0.39 is 112 Å². The van der Waals surface area contributed by atoms with Gasteiger partial charge in [-0.1, -0.05) is 24.3 Å². The number of alkyl halides is 28. The zero-order chi connectivity index (χ0) is 45.7. The second-order valence-electron chi connectivity index (χ2n) is 11.6. The molecule has 0 unspecified atom stereocenters. The van der Waals surface area contributed by atoms with Crippen molar-refractivity contribution in [3.05, 3.63) is 59.7 Å². The molecule has 0 spiro atoms. The second kappa shape index (κ2) is 13.3. The summed E-state index contributed by atoms with van der Waals surface area (Å²) in [6.07, 6.45) is -19.1. The Hall–Kier alpha value is -3.92. The van der Waals surface area contributed by atoms with Crippen LogP contribution in [0.25, 0.3) is 0 Å². The van der Waals surface area contributed by atoms with E-state index in [0.29, 0.717) is 0 Å². The van der Waals surface area contributed by atoms with Crippen molar-refractivity contribution in [3.8, 4) is 11.5 Å². The van der Waals surface area contributed by atoms with Gasteiger partial charge in [0, 0.05) is 6.42 Å². The SMILES string of the molecule is Oc1ccc(C(CC(F)(F)C(F)(F)C(F)(F)C(F)(F)C(F)(F)C(F)(F)C(F)(F)C(F)(F)C(F)(F)C(F)(F)C(F)(F)C(F)(F)F)(c2ccc(O)cc2)C(F)(F)F)cc1. The van der Waals surface area contributed by atoms with Crippen molar-refractivity contribution in [2.45, 2.75) is 89.3 Å². The van der Waals surface area contributed by atoms with Crippen LogP contribution in [0.15, 0.2) is 48.5 Å². The van der Waals surface area contributed by atoms with Gasteiger partial charge in [-0.2, -0.15) is 123 Å². The van der Waals surface area contributed by atoms with Crippen LogP contribution in [0.3, 0.4) is 0 Å². The third-order valence-electron chi connectivity index (χ3n) is 8.06. The fraction of sp³-hybridized carbons (Fsp3) is 0.556. The fourth-order valence-electron chi connectivity index (χ4n) is 4.72. The Kier molecular flexibility index (Phi) is 11.5. The number of aromatic hydroxyl groups is 2. The Labute approximate surface area is 294 Å². The summed E-state index contributed by atoms with van der Waals surface area (Å²) in [7, 11) is 0. The number of hydrogen-bond donors (Lipinski definition) is 2. The average molecular weight is 900 g/mol. The molecule has 0 aliphatic heterocycles. The van der Waals surface area contributed by atoms with E-state index in [-0.39, 0.29) is 48.5 Å². The number of benzene rings is 2. The van der Waals surface area contributed by atoms with E-state index in [1.54, 1.807) is 0 Å². The number of halogens is 28. The van der Waals surface area contributed by atoms with Gasteiger partial charge in [0.25, 0.3) is 0 Å². The van der Waals surface area contributed by atoms with E-state index in [2.05, 4.69) is 0 Å². The van der Waals surface area contributed by atoms with Gasteiger partial charge in [-0.05, 0) is 35.4 Å². The normalized spacial score (nSPS) is 15.9. The summed E-state index contributed by atoms with van der Waals surface area (Å²) in [5.74, 6) is -104. The summed E-state index contributed by atoms with van der Waals surface area (Å²) < 4.78 is 391. The van der Waals surface area contributed by atoms with Gasteiger partial charge in [-0.3, -0.25) is 0 Å². The van der Waals surface area contributed by atoms with E-state index in [9.17, 15) is 124 Å². The van der Waals surface area contributed by atoms with E-state index >= 15 is 8.78 Å². The van der Waals surface area contributed by atoms with Crippen molar-refractivity contribution in [3.63, 3.8) is 0 Å². The maximum Gasteiger partial charge on any atom is 0.460 e. The molecule has 57 heavy (non-hydrogen) atoms. The van der Waals surface area contributed by atoms with Crippen molar-refractivity contribution < 1.29 is 133 Å². The van der Waals surface area contributed by atoms with E-state index in [1.807, 2.05) is 0 Å². The monoisotopic (exact) mass is 900 g/mol. The number of phenols is 2. The van der Waals surface area contributed by atoms with Crippen molar-refractivity contribution in [2.24, 2.45) is 0 Å². The van der Waals surface area contributed by atoms with Crippen LogP contribution in [0.2, 0.25) is 0 Å². The molecule has 2 N–H and O–H groups in total. The quantitative estimate of drug-likeness (QED) is 0.186. The van der Waals surface area contributed by atoms with Crippen LogP contribution >= 0.6 is 0 Å². The zero-order valence-electron chi connectivity index (χ0n) is 25.8. The van der Waals surface area contributed by atoms with Gasteiger partial charge in [-0.25, -0.2) is 0 Å². The molecule has 2 nitrogen and oxygen atoms in total. The lowest BCUT2D eigenvalue weighted by Gasteiger charge is -2.46. The summed E-state index contributed by atoms with van der Waals surface area (Å²) in [5.41, 5.74) is -8.86. The van der Waals surface area contributed by atoms with Crippen LogP contribution in [0.5, 0.6) is 11.5 Å². The van der Waals surface area contributed by atoms with Gasteiger partial charge >= 0.3 is 77.5 Å². The Bertz CT molecular complexity index is 1690. The predicted molar refractivity (Wildman–Crippen MR) is 128 cm³/mol. The van der Waals surface area contributed by atoms with Crippen LogP contribution in [0.4, 0.5) is 123 Å². The standard InChI is InChI=1S/C27H12F28O2/c28-15(29,9-14(26(50,51)52,10-1-5-12(56)6-2-10)11-3-7-13(57)8-4-11)16(30,31)17(32,33)18(34,35)19(36,37)20(38,39)21(40,41)22(42,43)23(44,45)24(46,47)25(48,49)27(53,54)55/h1-8,56-57H,9H2. The number of hydrogen-bond acceptors (Lipinski definition) is 2. The van der Waals surface area contributed by atoms with Crippen LogP contribution in [0, 0.1) is 0 Å². The summed E-state index contributed by atoms with van der Waals surface area (Å²) in [6, 6.07) is 0.0358. The minimum atomic E-state index is -9.84. The second-order valence-corrected chi connectivity index (χ2v) is 11.6. The van der Waals surface area contributed by atoms with Gasteiger partial charge < -0.3 is 10.2 Å². The third-order valence-corrected chi connectivity index (χ3v) is 8.06. The molecule has 0 aliphatic carbocycles. The molecule has 328 valence electrons. The van der Waals surface area contributed by atoms with Crippen molar-refractivity contribution in [1.29, 1.82) is 0 Å². The van der Waals surface area contributed by atoms with Gasteiger partial charge in [-0.15, -0.1) is 0 Å². The Balaban J connectivity index is 2.90. The van der Waals surface area contributed by atoms with Crippen molar-refractivity contribution in [1.82, 2.24) is 0 Å². The average Bonchev–Trinajstić information content (AvgIpc) is 3.02. The van der Waals surface area contributed by atoms with E-state index in [1.165, 1.54) is 0 Å². The molecule has 0 atom stereocenters. The molecule has 0 heterocycles. The molecular weight excluding hydrogens is 888 g/mol. The van der Waals surface area contributed by atoms with E-state index in [4.69, 9.17) is 0 Å². The zero-order valence-corrected chi connectivity index (χ0v) is 25.8. The van der Waals surface area contributed by atoms with Crippen LogP contribution in [-0.2, 0) is 5.41 Å². The van der Waals surface area contributed by atoms with Crippen molar-refractivity contribution >= 4 is 0 Å². The van der Waals surface area contributed by atoms with E-state index in [0.717, 1.165) is 0 Å². The Morgan fingerprint density at radius 1 is 0.281 bits per heavy atom.